The minimum Gasteiger partial charge on any atom is -0.425 e. The standard InChI is InChI=1S/C21H24FN3O2S/c1-25(2)13-16(12-23)21(26)19-10-15-6-7-17(14-4-5-14)20(11-18(15)24-19)27-28-9-3-8-22/h7,10-11,13-14,24H,3-6,8-9H2,1-2H3/b16-13+. The second-order valence-corrected chi connectivity index (χ2v) is 7.97. The van der Waals surface area contributed by atoms with E-state index in [4.69, 9.17) is 4.18 Å². The van der Waals surface area contributed by atoms with Gasteiger partial charge in [0.05, 0.1) is 24.4 Å². The predicted octanol–water partition coefficient (Wildman–Crippen LogP) is 4.42. The van der Waals surface area contributed by atoms with E-state index in [1.807, 2.05) is 18.2 Å². The minimum atomic E-state index is -0.353. The fraction of sp³-hybridized carbons (Fsp3) is 0.429. The quantitative estimate of drug-likeness (QED) is 0.218. The van der Waals surface area contributed by atoms with Gasteiger partial charge < -0.3 is 14.1 Å². The lowest BCUT2D eigenvalue weighted by Crippen LogP contribution is -2.09. The van der Waals surface area contributed by atoms with Crippen LogP contribution in [0, 0.1) is 17.2 Å². The third-order valence-electron chi connectivity index (χ3n) is 4.56. The summed E-state index contributed by atoms with van der Waals surface area (Å²) < 4.78 is 18.2. The number of carbonyl (C=O) groups excluding carboxylic acids is 1. The Kier molecular flexibility index (Phi) is 6.63. The van der Waals surface area contributed by atoms with Crippen molar-refractivity contribution in [1.82, 2.24) is 9.88 Å². The number of H-pyrrole nitrogens is 1. The number of hydrogen-bond acceptors (Lipinski definition) is 5. The number of hydrogen-bond donors (Lipinski definition) is 1. The van der Waals surface area contributed by atoms with Crippen LogP contribution in [-0.4, -0.2) is 42.2 Å². The molecule has 3 rings (SSSR count). The molecule has 1 saturated carbocycles. The van der Waals surface area contributed by atoms with Gasteiger partial charge in [-0.1, -0.05) is 6.08 Å². The maximum Gasteiger partial charge on any atom is 0.221 e. The number of allylic oxidation sites excluding steroid dienone is 3. The molecule has 0 radical (unpaired) electrons. The molecule has 0 saturated heterocycles. The van der Waals surface area contributed by atoms with Crippen LogP contribution in [0.1, 0.15) is 41.0 Å². The largest absolute Gasteiger partial charge is 0.425 e. The SMILES string of the molecule is CN(C)/C=C(\C#N)C(=O)c1cc2c([nH]1)C=C(OSCCCF)C(C1CC1)=CC2. The summed E-state index contributed by atoms with van der Waals surface area (Å²) >= 11 is 1.26. The maximum atomic E-state index is 12.7. The van der Waals surface area contributed by atoms with E-state index in [0.717, 1.165) is 29.9 Å². The first-order chi connectivity index (χ1) is 13.5. The Balaban J connectivity index is 1.85. The molecule has 2 aliphatic carbocycles. The molecule has 1 N–H and O–H groups in total. The average molecular weight is 402 g/mol. The summed E-state index contributed by atoms with van der Waals surface area (Å²) in [4.78, 5) is 17.5. The number of nitriles is 1. The van der Waals surface area contributed by atoms with Crippen molar-refractivity contribution in [2.45, 2.75) is 25.7 Å². The van der Waals surface area contributed by atoms with Crippen LogP contribution in [0.15, 0.2) is 35.2 Å². The van der Waals surface area contributed by atoms with Crippen LogP contribution in [0.25, 0.3) is 6.08 Å². The predicted molar refractivity (Wildman–Crippen MR) is 109 cm³/mol. The zero-order valence-electron chi connectivity index (χ0n) is 16.1. The van der Waals surface area contributed by atoms with Gasteiger partial charge in [-0.05, 0) is 48.8 Å². The van der Waals surface area contributed by atoms with Gasteiger partial charge in [-0.2, -0.15) is 5.26 Å². The highest BCUT2D eigenvalue weighted by atomic mass is 32.2. The van der Waals surface area contributed by atoms with E-state index in [1.165, 1.54) is 23.8 Å². The molecular weight excluding hydrogens is 377 g/mol. The van der Waals surface area contributed by atoms with Crippen LogP contribution < -0.4 is 0 Å². The summed E-state index contributed by atoms with van der Waals surface area (Å²) in [5.41, 5.74) is 3.48. The number of halogens is 1. The van der Waals surface area contributed by atoms with E-state index in [2.05, 4.69) is 11.1 Å². The second-order valence-electron chi connectivity index (χ2n) is 7.16. The van der Waals surface area contributed by atoms with E-state index in [-0.39, 0.29) is 18.0 Å². The van der Waals surface area contributed by atoms with E-state index >= 15 is 0 Å². The van der Waals surface area contributed by atoms with E-state index in [0.29, 0.717) is 30.2 Å². The molecular formula is C21H24FN3O2S. The van der Waals surface area contributed by atoms with Gasteiger partial charge in [0.1, 0.15) is 17.4 Å². The van der Waals surface area contributed by atoms with Gasteiger partial charge in [0, 0.05) is 37.8 Å². The van der Waals surface area contributed by atoms with Gasteiger partial charge in [0.15, 0.2) is 0 Å². The van der Waals surface area contributed by atoms with Crippen molar-refractivity contribution in [3.63, 3.8) is 0 Å². The van der Waals surface area contributed by atoms with E-state index < -0.39 is 0 Å². The molecule has 0 aliphatic heterocycles. The topological polar surface area (TPSA) is 69.1 Å². The van der Waals surface area contributed by atoms with Crippen LogP contribution in [0.2, 0.25) is 0 Å². The molecule has 1 aromatic heterocycles. The van der Waals surface area contributed by atoms with Crippen molar-refractivity contribution in [3.8, 4) is 6.07 Å². The Hall–Kier alpha value is -2.46. The molecule has 7 heteroatoms. The van der Waals surface area contributed by atoms with Crippen LogP contribution in [0.3, 0.4) is 0 Å². The number of Topliss-reactive ketones (excluding diaryl/α,β-unsaturated/α-hetero) is 1. The molecule has 28 heavy (non-hydrogen) atoms. The van der Waals surface area contributed by atoms with Gasteiger partial charge in [-0.25, -0.2) is 0 Å². The lowest BCUT2D eigenvalue weighted by molar-refractivity contribution is 0.103. The van der Waals surface area contributed by atoms with Crippen molar-refractivity contribution >= 4 is 23.9 Å². The molecule has 148 valence electrons. The van der Waals surface area contributed by atoms with Crippen molar-refractivity contribution < 1.29 is 13.4 Å². The first-order valence-corrected chi connectivity index (χ1v) is 10.3. The third kappa shape index (κ3) is 4.87. The monoisotopic (exact) mass is 401 g/mol. The summed E-state index contributed by atoms with van der Waals surface area (Å²) in [6.07, 6.45) is 9.07. The zero-order valence-corrected chi connectivity index (χ0v) is 16.9. The van der Waals surface area contributed by atoms with Crippen molar-refractivity contribution in [2.75, 3.05) is 26.5 Å². The number of rotatable bonds is 9. The highest BCUT2D eigenvalue weighted by molar-refractivity contribution is 7.94. The summed E-state index contributed by atoms with van der Waals surface area (Å²) in [6, 6.07) is 3.78. The van der Waals surface area contributed by atoms with Gasteiger partial charge in [-0.15, -0.1) is 0 Å². The molecule has 1 aromatic rings. The van der Waals surface area contributed by atoms with Crippen LogP contribution in [0.5, 0.6) is 0 Å². The summed E-state index contributed by atoms with van der Waals surface area (Å²) in [7, 11) is 3.54. The summed E-state index contributed by atoms with van der Waals surface area (Å²) in [5, 5.41) is 9.29. The van der Waals surface area contributed by atoms with Crippen molar-refractivity contribution in [3.05, 3.63) is 52.2 Å². The number of aromatic amines is 1. The van der Waals surface area contributed by atoms with Crippen LogP contribution >= 0.6 is 12.0 Å². The molecule has 2 aliphatic rings. The molecule has 0 amide bonds. The van der Waals surface area contributed by atoms with Crippen molar-refractivity contribution in [1.29, 1.82) is 5.26 Å². The lowest BCUT2D eigenvalue weighted by Gasteiger charge is -2.11. The minimum absolute atomic E-state index is 0.0813. The Morgan fingerprint density at radius 1 is 1.50 bits per heavy atom. The van der Waals surface area contributed by atoms with Gasteiger partial charge >= 0.3 is 0 Å². The first kappa shape index (κ1) is 20.3. The zero-order chi connectivity index (χ0) is 20.1. The maximum absolute atomic E-state index is 12.7. The highest BCUT2D eigenvalue weighted by Crippen LogP contribution is 2.43. The number of nitrogens with zero attached hydrogens (tertiary/aromatic N) is 2. The molecule has 0 spiro atoms. The fourth-order valence-corrected chi connectivity index (χ4v) is 3.64. The highest BCUT2D eigenvalue weighted by Gasteiger charge is 2.31. The number of alkyl halides is 1. The number of ketones is 1. The number of aromatic nitrogens is 1. The Labute approximate surface area is 169 Å². The van der Waals surface area contributed by atoms with Gasteiger partial charge in [0.2, 0.25) is 5.78 Å². The normalized spacial score (nSPS) is 16.4. The number of nitrogens with one attached hydrogen (secondary N) is 1. The van der Waals surface area contributed by atoms with Gasteiger partial charge in [-0.3, -0.25) is 9.18 Å². The molecule has 0 aromatic carbocycles. The average Bonchev–Trinajstić information content (AvgIpc) is 3.45. The number of carbonyl (C=O) groups is 1. The van der Waals surface area contributed by atoms with Crippen LogP contribution in [0.4, 0.5) is 4.39 Å². The molecule has 1 fully saturated rings. The number of fused-ring (bicyclic) bond motifs is 1. The van der Waals surface area contributed by atoms with E-state index in [1.54, 1.807) is 19.0 Å². The Bertz CT molecular complexity index is 873. The van der Waals surface area contributed by atoms with Crippen molar-refractivity contribution in [2.24, 2.45) is 5.92 Å². The van der Waals surface area contributed by atoms with Gasteiger partial charge in [0.25, 0.3) is 0 Å². The fourth-order valence-electron chi connectivity index (χ4n) is 3.06. The molecule has 0 atom stereocenters. The first-order valence-electron chi connectivity index (χ1n) is 9.36. The molecule has 0 bridgehead atoms. The Morgan fingerprint density at radius 3 is 2.93 bits per heavy atom. The lowest BCUT2D eigenvalue weighted by atomic mass is 10.1. The summed E-state index contributed by atoms with van der Waals surface area (Å²) in [6.45, 7) is -0.353. The molecule has 5 nitrogen and oxygen atoms in total. The van der Waals surface area contributed by atoms with E-state index in [9.17, 15) is 14.4 Å². The second kappa shape index (κ2) is 9.16. The van der Waals surface area contributed by atoms with Crippen LogP contribution in [-0.2, 0) is 10.6 Å². The molecule has 1 heterocycles. The molecule has 0 unspecified atom stereocenters. The smallest absolute Gasteiger partial charge is 0.221 e. The Morgan fingerprint density at radius 2 is 2.29 bits per heavy atom. The third-order valence-corrected chi connectivity index (χ3v) is 5.31. The summed E-state index contributed by atoms with van der Waals surface area (Å²) in [5.74, 6) is 1.55.